The van der Waals surface area contributed by atoms with Crippen molar-refractivity contribution < 1.29 is 0 Å². The molecule has 0 amide bonds. The Morgan fingerprint density at radius 2 is 0.826 bits per heavy atom. The van der Waals surface area contributed by atoms with Crippen LogP contribution in [-0.2, 0) is 25.3 Å². The van der Waals surface area contributed by atoms with Crippen molar-refractivity contribution in [1.29, 1.82) is 0 Å². The molecule has 0 aromatic heterocycles. The summed E-state index contributed by atoms with van der Waals surface area (Å²) in [5, 5.41) is 0. The minimum absolute atomic E-state index is 0. The summed E-state index contributed by atoms with van der Waals surface area (Å²) in [6.45, 7) is 19.9. The van der Waals surface area contributed by atoms with Crippen LogP contribution in [0.5, 0.6) is 0 Å². The zero-order valence-electron chi connectivity index (χ0n) is 17.0. The fourth-order valence-corrected chi connectivity index (χ4v) is 1.47. The van der Waals surface area contributed by atoms with E-state index in [-0.39, 0.29) is 23.9 Å². The molecular formula is C20H44S2Sn. The Bertz CT molecular complexity index is 110. The largest absolute Gasteiger partial charge is 2.00 e. The predicted molar refractivity (Wildman–Crippen MR) is 119 cm³/mol. The second-order valence-electron chi connectivity index (χ2n) is 6.32. The van der Waals surface area contributed by atoms with E-state index >= 15 is 0 Å². The zero-order chi connectivity index (χ0) is 18.2. The van der Waals surface area contributed by atoms with Gasteiger partial charge < -0.3 is 25.3 Å². The summed E-state index contributed by atoms with van der Waals surface area (Å²) in [4.78, 5) is 0. The molecule has 0 saturated heterocycles. The Kier molecular flexibility index (Phi) is 60.1. The van der Waals surface area contributed by atoms with Gasteiger partial charge in [-0.1, -0.05) is 107 Å². The fraction of sp³-hybridized carbons (Fsp3) is 0.900. The minimum atomic E-state index is 0. The number of rotatable bonds is 8. The Labute approximate surface area is 178 Å². The van der Waals surface area contributed by atoms with Crippen LogP contribution in [0.25, 0.3) is 0 Å². The maximum atomic E-state index is 4.77. The predicted octanol–water partition coefficient (Wildman–Crippen LogP) is 6.80. The first-order valence-corrected chi connectivity index (χ1v) is 10.3. The van der Waals surface area contributed by atoms with Crippen molar-refractivity contribution in [3.63, 3.8) is 0 Å². The molecule has 23 heavy (non-hydrogen) atoms. The molecule has 0 aliphatic rings. The molecule has 0 bridgehead atoms. The Morgan fingerprint density at radius 3 is 0.957 bits per heavy atom. The first kappa shape index (κ1) is 35.6. The van der Waals surface area contributed by atoms with Gasteiger partial charge in [0.15, 0.2) is 0 Å². The monoisotopic (exact) mass is 468 g/mol. The Balaban J connectivity index is -0.0000000639. The van der Waals surface area contributed by atoms with Gasteiger partial charge in [-0.2, -0.15) is 11.5 Å². The smallest absolute Gasteiger partial charge is 0.793 e. The Morgan fingerprint density at radius 1 is 0.609 bits per heavy atom. The third kappa shape index (κ3) is 120. The van der Waals surface area contributed by atoms with Crippen LogP contribution in [0.3, 0.4) is 0 Å². The van der Waals surface area contributed by atoms with Crippen LogP contribution in [0.1, 0.15) is 92.9 Å². The van der Waals surface area contributed by atoms with Gasteiger partial charge in [-0.25, -0.2) is 0 Å². The summed E-state index contributed by atoms with van der Waals surface area (Å²) >= 11 is 9.53. The van der Waals surface area contributed by atoms with E-state index in [2.05, 4.69) is 55.4 Å². The van der Waals surface area contributed by atoms with Crippen molar-refractivity contribution in [3.8, 4) is 0 Å². The van der Waals surface area contributed by atoms with Crippen LogP contribution in [-0.4, -0.2) is 35.4 Å². The molecular weight excluding hydrogens is 423 g/mol. The zero-order valence-corrected chi connectivity index (χ0v) is 21.4. The molecule has 3 heteroatoms. The van der Waals surface area contributed by atoms with E-state index in [1.807, 2.05) is 0 Å². The fourth-order valence-electron chi connectivity index (χ4n) is 1.06. The van der Waals surface area contributed by atoms with Crippen LogP contribution in [0.2, 0.25) is 0 Å². The molecule has 0 saturated carbocycles. The molecule has 0 rings (SSSR count). The van der Waals surface area contributed by atoms with Gasteiger partial charge in [-0.3, -0.25) is 0 Å². The number of hydrogen-bond donors (Lipinski definition) is 0. The second kappa shape index (κ2) is 38.8. The summed E-state index contributed by atoms with van der Waals surface area (Å²) in [5.74, 6) is 3.06. The van der Waals surface area contributed by atoms with Gasteiger partial charge in [-0.15, -0.1) is 0 Å². The van der Waals surface area contributed by atoms with Crippen molar-refractivity contribution in [2.75, 3.05) is 11.5 Å². The molecule has 0 N–H and O–H groups in total. The van der Waals surface area contributed by atoms with Crippen molar-refractivity contribution in [3.05, 3.63) is 13.8 Å². The normalized spacial score (nSPS) is 8.87. The van der Waals surface area contributed by atoms with Crippen molar-refractivity contribution in [2.24, 2.45) is 11.8 Å². The molecule has 0 spiro atoms. The van der Waals surface area contributed by atoms with E-state index in [1.165, 1.54) is 51.4 Å². The summed E-state index contributed by atoms with van der Waals surface area (Å²) < 4.78 is 0. The molecule has 0 aromatic carbocycles. The maximum Gasteiger partial charge on any atom is 2.00 e. The van der Waals surface area contributed by atoms with E-state index in [0.29, 0.717) is 11.8 Å². The van der Waals surface area contributed by atoms with E-state index in [1.54, 1.807) is 0 Å². The topological polar surface area (TPSA) is 0 Å². The van der Waals surface area contributed by atoms with Crippen molar-refractivity contribution in [1.82, 2.24) is 0 Å². The molecule has 0 heterocycles. The standard InChI is InChI=1S/2C6H14S.2C4H9.Sn/c2*1-2-3-4-5-6-7;2*1-4(2)3;/h2*7H,2-6H2,1H3;2*4H,1H2,2-3H3;/q;;;;+2/p-2. The van der Waals surface area contributed by atoms with Gasteiger partial charge in [0.1, 0.15) is 0 Å². The molecule has 0 aromatic rings. The average Bonchev–Trinajstić information content (AvgIpc) is 2.39. The van der Waals surface area contributed by atoms with E-state index in [0.717, 1.165) is 11.5 Å². The van der Waals surface area contributed by atoms with Crippen LogP contribution in [0.4, 0.5) is 0 Å². The summed E-state index contributed by atoms with van der Waals surface area (Å²) in [5.41, 5.74) is 0. The average molecular weight is 467 g/mol. The van der Waals surface area contributed by atoms with Crippen molar-refractivity contribution in [2.45, 2.75) is 92.9 Å². The van der Waals surface area contributed by atoms with Gasteiger partial charge in [0, 0.05) is 0 Å². The molecule has 0 atom stereocenters. The Hall–Kier alpha value is 1.50. The van der Waals surface area contributed by atoms with Crippen LogP contribution >= 0.6 is 0 Å². The van der Waals surface area contributed by atoms with E-state index in [9.17, 15) is 0 Å². The molecule has 0 fully saturated rings. The van der Waals surface area contributed by atoms with Gasteiger partial charge in [-0.05, 0) is 11.8 Å². The third-order valence-electron chi connectivity index (χ3n) is 2.00. The molecule has 4 radical (unpaired) electrons. The maximum absolute atomic E-state index is 4.77. The van der Waals surface area contributed by atoms with Gasteiger partial charge in [0.05, 0.1) is 0 Å². The summed E-state index contributed by atoms with van der Waals surface area (Å²) in [6, 6.07) is 0. The van der Waals surface area contributed by atoms with Crippen LogP contribution < -0.4 is 0 Å². The minimum Gasteiger partial charge on any atom is -0.793 e. The van der Waals surface area contributed by atoms with E-state index < -0.39 is 0 Å². The van der Waals surface area contributed by atoms with Crippen molar-refractivity contribution >= 4 is 49.2 Å². The second-order valence-corrected chi connectivity index (χ2v) is 7.13. The number of unbranched alkanes of at least 4 members (excludes halogenated alkanes) is 6. The molecule has 0 aliphatic carbocycles. The molecule has 0 aliphatic heterocycles. The first-order chi connectivity index (χ1) is 10.3. The number of hydrogen-bond acceptors (Lipinski definition) is 2. The molecule has 0 unspecified atom stereocenters. The van der Waals surface area contributed by atoms with Gasteiger partial charge in [0.2, 0.25) is 0 Å². The van der Waals surface area contributed by atoms with Gasteiger partial charge >= 0.3 is 23.9 Å². The summed E-state index contributed by atoms with van der Waals surface area (Å²) in [6.07, 6.45) is 10.5. The quantitative estimate of drug-likeness (QED) is 0.219. The SMILES string of the molecule is CCCCCC[S-].CCCCCC[S-].[CH2]C(C)C.[CH2]C(C)C.[Sn+2]. The third-order valence-corrected chi connectivity index (χ3v) is 2.57. The summed E-state index contributed by atoms with van der Waals surface area (Å²) in [7, 11) is 0. The first-order valence-electron chi connectivity index (χ1n) is 9.12. The molecule has 140 valence electrons. The van der Waals surface area contributed by atoms with Crippen LogP contribution in [0.15, 0.2) is 0 Å². The van der Waals surface area contributed by atoms with E-state index in [4.69, 9.17) is 25.3 Å². The van der Waals surface area contributed by atoms with Gasteiger partial charge in [0.25, 0.3) is 0 Å². The van der Waals surface area contributed by atoms with Crippen LogP contribution in [0, 0.1) is 25.7 Å². The molecule has 0 nitrogen and oxygen atoms in total.